The van der Waals surface area contributed by atoms with Crippen LogP contribution in [0.25, 0.3) is 0 Å². The Hall–Kier alpha value is -2.82. The topological polar surface area (TPSA) is 58.6 Å². The molecule has 3 rings (SSSR count). The SMILES string of the molecule is Cc1ccc(CCC(=O)OCCN2C(=O)C(C)(C)Nc3ccccc32)cc1. The minimum atomic E-state index is -0.691. The zero-order chi connectivity index (χ0) is 19.4. The van der Waals surface area contributed by atoms with Crippen LogP contribution in [0.15, 0.2) is 48.5 Å². The summed E-state index contributed by atoms with van der Waals surface area (Å²) in [5.74, 6) is -0.275. The van der Waals surface area contributed by atoms with E-state index in [9.17, 15) is 9.59 Å². The number of carbonyl (C=O) groups excluding carboxylic acids is 2. The normalized spacial score (nSPS) is 15.1. The number of fused-ring (bicyclic) bond motifs is 1. The number of ether oxygens (including phenoxy) is 1. The van der Waals surface area contributed by atoms with Crippen molar-refractivity contribution in [1.82, 2.24) is 0 Å². The highest BCUT2D eigenvalue weighted by molar-refractivity contribution is 6.07. The number of esters is 1. The van der Waals surface area contributed by atoms with Crippen molar-refractivity contribution < 1.29 is 14.3 Å². The van der Waals surface area contributed by atoms with Crippen molar-refractivity contribution in [3.05, 3.63) is 59.7 Å². The van der Waals surface area contributed by atoms with Crippen LogP contribution in [0, 0.1) is 6.92 Å². The molecule has 1 amide bonds. The van der Waals surface area contributed by atoms with Gasteiger partial charge in [0.05, 0.1) is 17.9 Å². The van der Waals surface area contributed by atoms with Crippen LogP contribution in [-0.4, -0.2) is 30.6 Å². The molecule has 1 heterocycles. The summed E-state index contributed by atoms with van der Waals surface area (Å²) in [6.45, 7) is 6.27. The van der Waals surface area contributed by atoms with Crippen molar-refractivity contribution >= 4 is 23.3 Å². The summed E-state index contributed by atoms with van der Waals surface area (Å²) in [6, 6.07) is 15.8. The van der Waals surface area contributed by atoms with Crippen molar-refractivity contribution in [2.75, 3.05) is 23.4 Å². The number of nitrogens with one attached hydrogen (secondary N) is 1. The number of benzene rings is 2. The van der Waals surface area contributed by atoms with E-state index in [1.165, 1.54) is 5.56 Å². The maximum atomic E-state index is 12.7. The Kier molecular flexibility index (Phi) is 5.49. The number of para-hydroxylation sites is 2. The third-order valence-electron chi connectivity index (χ3n) is 4.74. The van der Waals surface area contributed by atoms with E-state index in [0.29, 0.717) is 19.4 Å². The van der Waals surface area contributed by atoms with Crippen LogP contribution in [0.5, 0.6) is 0 Å². The van der Waals surface area contributed by atoms with Gasteiger partial charge in [0, 0.05) is 6.42 Å². The maximum absolute atomic E-state index is 12.7. The fourth-order valence-corrected chi connectivity index (χ4v) is 3.20. The maximum Gasteiger partial charge on any atom is 0.306 e. The van der Waals surface area contributed by atoms with E-state index in [0.717, 1.165) is 16.9 Å². The van der Waals surface area contributed by atoms with Gasteiger partial charge in [-0.25, -0.2) is 0 Å². The molecule has 27 heavy (non-hydrogen) atoms. The van der Waals surface area contributed by atoms with Gasteiger partial charge in [0.15, 0.2) is 0 Å². The molecule has 0 radical (unpaired) electrons. The minimum absolute atomic E-state index is 0.0306. The number of rotatable bonds is 6. The second-order valence-electron chi connectivity index (χ2n) is 7.43. The molecule has 0 aromatic heterocycles. The Morgan fingerprint density at radius 3 is 2.56 bits per heavy atom. The molecule has 0 fully saturated rings. The average Bonchev–Trinajstić information content (AvgIpc) is 2.64. The lowest BCUT2D eigenvalue weighted by Gasteiger charge is -2.39. The predicted octanol–water partition coefficient (Wildman–Crippen LogP) is 3.71. The molecular formula is C22H26N2O3. The largest absolute Gasteiger partial charge is 0.464 e. The Morgan fingerprint density at radius 1 is 1.11 bits per heavy atom. The summed E-state index contributed by atoms with van der Waals surface area (Å²) in [5.41, 5.74) is 3.35. The van der Waals surface area contributed by atoms with Gasteiger partial charge in [0.1, 0.15) is 12.1 Å². The second kappa shape index (κ2) is 7.82. The zero-order valence-corrected chi connectivity index (χ0v) is 16.1. The van der Waals surface area contributed by atoms with Gasteiger partial charge in [-0.05, 0) is 44.9 Å². The number of hydrogen-bond acceptors (Lipinski definition) is 4. The van der Waals surface area contributed by atoms with E-state index in [-0.39, 0.29) is 18.5 Å². The Bertz CT molecular complexity index is 828. The van der Waals surface area contributed by atoms with Crippen LogP contribution < -0.4 is 10.2 Å². The fraction of sp³-hybridized carbons (Fsp3) is 0.364. The number of anilines is 2. The first kappa shape index (κ1) is 19.0. The van der Waals surface area contributed by atoms with Gasteiger partial charge in [-0.3, -0.25) is 9.59 Å². The van der Waals surface area contributed by atoms with E-state index >= 15 is 0 Å². The number of amides is 1. The molecule has 0 spiro atoms. The van der Waals surface area contributed by atoms with Crippen molar-refractivity contribution in [2.45, 2.75) is 39.2 Å². The lowest BCUT2D eigenvalue weighted by atomic mass is 9.98. The molecule has 142 valence electrons. The highest BCUT2D eigenvalue weighted by Gasteiger charge is 2.38. The summed E-state index contributed by atoms with van der Waals surface area (Å²) in [5, 5.41) is 3.26. The van der Waals surface area contributed by atoms with Crippen LogP contribution >= 0.6 is 0 Å². The second-order valence-corrected chi connectivity index (χ2v) is 7.43. The average molecular weight is 366 g/mol. The van der Waals surface area contributed by atoms with E-state index in [4.69, 9.17) is 4.74 Å². The van der Waals surface area contributed by atoms with Crippen LogP contribution in [-0.2, 0) is 20.7 Å². The van der Waals surface area contributed by atoms with Crippen molar-refractivity contribution in [3.8, 4) is 0 Å². The van der Waals surface area contributed by atoms with Gasteiger partial charge < -0.3 is 15.0 Å². The Labute approximate surface area is 160 Å². The van der Waals surface area contributed by atoms with Crippen LogP contribution in [0.4, 0.5) is 11.4 Å². The number of carbonyl (C=O) groups is 2. The highest BCUT2D eigenvalue weighted by Crippen LogP contribution is 2.34. The summed E-state index contributed by atoms with van der Waals surface area (Å²) >= 11 is 0. The van der Waals surface area contributed by atoms with E-state index in [2.05, 4.69) is 5.32 Å². The van der Waals surface area contributed by atoms with Crippen LogP contribution in [0.2, 0.25) is 0 Å². The Balaban J connectivity index is 1.54. The molecular weight excluding hydrogens is 340 g/mol. The monoisotopic (exact) mass is 366 g/mol. The lowest BCUT2D eigenvalue weighted by Crippen LogP contribution is -2.54. The van der Waals surface area contributed by atoms with Gasteiger partial charge in [-0.1, -0.05) is 42.0 Å². The summed E-state index contributed by atoms with van der Waals surface area (Å²) in [4.78, 5) is 26.5. The van der Waals surface area contributed by atoms with Crippen LogP contribution in [0.3, 0.4) is 0 Å². The first-order valence-corrected chi connectivity index (χ1v) is 9.27. The molecule has 0 bridgehead atoms. The van der Waals surface area contributed by atoms with E-state index < -0.39 is 5.54 Å². The molecule has 0 saturated heterocycles. The molecule has 5 nitrogen and oxygen atoms in total. The van der Waals surface area contributed by atoms with Crippen molar-refractivity contribution in [2.24, 2.45) is 0 Å². The van der Waals surface area contributed by atoms with Gasteiger partial charge in [0.25, 0.3) is 5.91 Å². The van der Waals surface area contributed by atoms with Gasteiger partial charge >= 0.3 is 5.97 Å². The van der Waals surface area contributed by atoms with E-state index in [1.807, 2.05) is 69.3 Å². The summed E-state index contributed by atoms with van der Waals surface area (Å²) < 4.78 is 5.37. The van der Waals surface area contributed by atoms with Crippen molar-refractivity contribution in [1.29, 1.82) is 0 Å². The standard InChI is InChI=1S/C22H26N2O3/c1-16-8-10-17(11-9-16)12-13-20(25)27-15-14-24-19-7-5-4-6-18(19)23-22(2,3)21(24)26/h4-11,23H,12-15H2,1-3H3. The predicted molar refractivity (Wildman–Crippen MR) is 107 cm³/mol. The third-order valence-corrected chi connectivity index (χ3v) is 4.74. The van der Waals surface area contributed by atoms with Gasteiger partial charge in [0.2, 0.25) is 0 Å². The number of nitrogens with zero attached hydrogens (tertiary/aromatic N) is 1. The molecule has 1 N–H and O–H groups in total. The summed E-state index contributed by atoms with van der Waals surface area (Å²) in [6.07, 6.45) is 0.988. The molecule has 1 aliphatic heterocycles. The molecule has 5 heteroatoms. The number of hydrogen-bond donors (Lipinski definition) is 1. The Morgan fingerprint density at radius 2 is 1.81 bits per heavy atom. The third kappa shape index (κ3) is 4.48. The van der Waals surface area contributed by atoms with Gasteiger partial charge in [-0.2, -0.15) is 0 Å². The smallest absolute Gasteiger partial charge is 0.306 e. The zero-order valence-electron chi connectivity index (χ0n) is 16.1. The highest BCUT2D eigenvalue weighted by atomic mass is 16.5. The molecule has 2 aromatic rings. The lowest BCUT2D eigenvalue weighted by molar-refractivity contribution is -0.143. The molecule has 1 aliphatic rings. The van der Waals surface area contributed by atoms with Gasteiger partial charge in [-0.15, -0.1) is 0 Å². The number of aryl methyl sites for hydroxylation is 2. The van der Waals surface area contributed by atoms with Crippen molar-refractivity contribution in [3.63, 3.8) is 0 Å². The first-order chi connectivity index (χ1) is 12.9. The van der Waals surface area contributed by atoms with Crippen LogP contribution in [0.1, 0.15) is 31.4 Å². The molecule has 0 atom stereocenters. The fourth-order valence-electron chi connectivity index (χ4n) is 3.20. The quantitative estimate of drug-likeness (QED) is 0.792. The minimum Gasteiger partial charge on any atom is -0.464 e. The molecule has 0 aliphatic carbocycles. The first-order valence-electron chi connectivity index (χ1n) is 9.27. The van der Waals surface area contributed by atoms with E-state index in [1.54, 1.807) is 4.90 Å². The molecule has 0 unspecified atom stereocenters. The molecule has 2 aromatic carbocycles. The molecule has 0 saturated carbocycles. The summed E-state index contributed by atoms with van der Waals surface area (Å²) in [7, 11) is 0.